The fraction of sp³-hybridized carbons (Fsp3) is 0.214. The third kappa shape index (κ3) is 2.70. The summed E-state index contributed by atoms with van der Waals surface area (Å²) in [5, 5.41) is 13.3. The number of benzene rings is 1. The fourth-order valence-electron chi connectivity index (χ4n) is 2.29. The molecule has 3 N–H and O–H groups in total. The highest BCUT2D eigenvalue weighted by molar-refractivity contribution is 7.92. The van der Waals surface area contributed by atoms with Gasteiger partial charge in [-0.25, -0.2) is 13.4 Å². The van der Waals surface area contributed by atoms with Crippen molar-refractivity contribution in [2.75, 3.05) is 4.72 Å². The number of H-pyrrole nitrogens is 2. The molecular weight excluding hydrogens is 316 g/mol. The summed E-state index contributed by atoms with van der Waals surface area (Å²) in [5.74, 6) is 1.79. The smallest absolute Gasteiger partial charge is 0.265 e. The van der Waals surface area contributed by atoms with E-state index in [2.05, 4.69) is 30.1 Å². The Morgan fingerprint density at radius 3 is 2.78 bits per heavy atom. The van der Waals surface area contributed by atoms with Crippen LogP contribution in [0.5, 0.6) is 0 Å². The number of anilines is 1. The first-order valence-electron chi connectivity index (χ1n) is 7.17. The zero-order valence-electron chi connectivity index (χ0n) is 12.0. The number of hydrogen-bond acceptors (Lipinski definition) is 5. The second-order valence-electron chi connectivity index (χ2n) is 5.40. The van der Waals surface area contributed by atoms with E-state index in [1.807, 2.05) is 6.07 Å². The topological polar surface area (TPSA) is 116 Å². The van der Waals surface area contributed by atoms with Gasteiger partial charge in [-0.3, -0.25) is 14.9 Å². The molecule has 0 atom stereocenters. The van der Waals surface area contributed by atoms with Gasteiger partial charge in [0.1, 0.15) is 10.7 Å². The molecule has 0 bridgehead atoms. The lowest BCUT2D eigenvalue weighted by molar-refractivity contribution is 0.601. The summed E-state index contributed by atoms with van der Waals surface area (Å²) >= 11 is 0. The van der Waals surface area contributed by atoms with Crippen molar-refractivity contribution in [2.24, 2.45) is 0 Å². The number of hydrogen-bond donors (Lipinski definition) is 3. The molecule has 1 saturated carbocycles. The summed E-state index contributed by atoms with van der Waals surface area (Å²) in [7, 11) is -3.71. The largest absolute Gasteiger partial charge is 0.284 e. The molecule has 0 amide bonds. The van der Waals surface area contributed by atoms with Gasteiger partial charge >= 0.3 is 0 Å². The highest BCUT2D eigenvalue weighted by atomic mass is 32.2. The molecule has 1 fully saturated rings. The normalized spacial score (nSPS) is 14.8. The van der Waals surface area contributed by atoms with E-state index in [1.54, 1.807) is 18.2 Å². The van der Waals surface area contributed by atoms with Crippen molar-refractivity contribution in [3.8, 4) is 11.4 Å². The third-order valence-corrected chi connectivity index (χ3v) is 4.99. The van der Waals surface area contributed by atoms with E-state index in [0.29, 0.717) is 23.0 Å². The summed E-state index contributed by atoms with van der Waals surface area (Å²) in [6.07, 6.45) is 4.80. The molecule has 0 saturated heterocycles. The predicted molar refractivity (Wildman–Crippen MR) is 83.2 cm³/mol. The fourth-order valence-corrected chi connectivity index (χ4v) is 3.28. The van der Waals surface area contributed by atoms with Crippen LogP contribution >= 0.6 is 0 Å². The van der Waals surface area contributed by atoms with Crippen LogP contribution < -0.4 is 4.72 Å². The van der Waals surface area contributed by atoms with Crippen molar-refractivity contribution in [3.63, 3.8) is 0 Å². The Balaban J connectivity index is 1.69. The molecule has 0 aliphatic heterocycles. The molecule has 9 heteroatoms. The van der Waals surface area contributed by atoms with Gasteiger partial charge in [-0.1, -0.05) is 12.1 Å². The van der Waals surface area contributed by atoms with Crippen molar-refractivity contribution in [1.29, 1.82) is 0 Å². The Hall–Kier alpha value is -2.68. The minimum atomic E-state index is -3.71. The minimum absolute atomic E-state index is 0.0703. The van der Waals surface area contributed by atoms with Crippen LogP contribution in [-0.2, 0) is 10.0 Å². The molecular formula is C14H14N6O2S. The quantitative estimate of drug-likeness (QED) is 0.660. The second-order valence-corrected chi connectivity index (χ2v) is 7.09. The van der Waals surface area contributed by atoms with Crippen LogP contribution in [0.15, 0.2) is 41.6 Å². The molecule has 118 valence electrons. The molecule has 23 heavy (non-hydrogen) atoms. The lowest BCUT2D eigenvalue weighted by Gasteiger charge is -2.09. The monoisotopic (exact) mass is 330 g/mol. The first-order valence-corrected chi connectivity index (χ1v) is 8.65. The van der Waals surface area contributed by atoms with Crippen LogP contribution in [0, 0.1) is 0 Å². The number of aromatic nitrogens is 5. The third-order valence-electron chi connectivity index (χ3n) is 3.66. The van der Waals surface area contributed by atoms with Crippen molar-refractivity contribution in [3.05, 3.63) is 42.5 Å². The molecule has 1 aliphatic carbocycles. The van der Waals surface area contributed by atoms with E-state index < -0.39 is 10.0 Å². The van der Waals surface area contributed by atoms with Gasteiger partial charge in [0.15, 0.2) is 5.82 Å². The number of para-hydroxylation sites is 1. The van der Waals surface area contributed by atoms with Crippen LogP contribution in [0.1, 0.15) is 24.6 Å². The lowest BCUT2D eigenvalue weighted by Crippen LogP contribution is -2.13. The van der Waals surface area contributed by atoms with E-state index in [1.165, 1.54) is 12.4 Å². The molecule has 1 aliphatic rings. The summed E-state index contributed by atoms with van der Waals surface area (Å²) in [6, 6.07) is 7.04. The summed E-state index contributed by atoms with van der Waals surface area (Å²) in [4.78, 5) is 4.55. The first-order chi connectivity index (χ1) is 11.1. The summed E-state index contributed by atoms with van der Waals surface area (Å²) < 4.78 is 27.3. The van der Waals surface area contributed by atoms with E-state index >= 15 is 0 Å². The number of nitrogens with zero attached hydrogens (tertiary/aromatic N) is 3. The maximum Gasteiger partial charge on any atom is 0.265 e. The van der Waals surface area contributed by atoms with Crippen molar-refractivity contribution in [1.82, 2.24) is 25.4 Å². The van der Waals surface area contributed by atoms with Crippen LogP contribution in [0.2, 0.25) is 0 Å². The van der Waals surface area contributed by atoms with E-state index in [4.69, 9.17) is 0 Å². The maximum absolute atomic E-state index is 12.3. The van der Waals surface area contributed by atoms with Gasteiger partial charge in [0.05, 0.1) is 11.9 Å². The summed E-state index contributed by atoms with van der Waals surface area (Å²) in [5.41, 5.74) is 1.05. The molecule has 3 aromatic rings. The van der Waals surface area contributed by atoms with Gasteiger partial charge in [-0.05, 0) is 25.0 Å². The highest BCUT2D eigenvalue weighted by Crippen LogP contribution is 2.38. The molecule has 1 aromatic carbocycles. The van der Waals surface area contributed by atoms with Crippen LogP contribution in [0.4, 0.5) is 5.69 Å². The Labute approximate surface area is 132 Å². The van der Waals surface area contributed by atoms with Crippen LogP contribution in [-0.4, -0.2) is 33.8 Å². The Kier molecular flexibility index (Phi) is 3.15. The van der Waals surface area contributed by atoms with Crippen molar-refractivity contribution >= 4 is 15.7 Å². The molecule has 4 rings (SSSR count). The van der Waals surface area contributed by atoms with Gasteiger partial charge in [0.25, 0.3) is 10.0 Å². The predicted octanol–water partition coefficient (Wildman–Crippen LogP) is 1.87. The molecule has 8 nitrogen and oxygen atoms in total. The number of sulfonamides is 1. The van der Waals surface area contributed by atoms with Gasteiger partial charge in [-0.2, -0.15) is 10.2 Å². The lowest BCUT2D eigenvalue weighted by atomic mass is 10.2. The number of nitrogens with one attached hydrogen (secondary N) is 3. The average Bonchev–Trinajstić information content (AvgIpc) is 3.05. The van der Waals surface area contributed by atoms with Gasteiger partial charge in [0, 0.05) is 17.7 Å². The zero-order valence-corrected chi connectivity index (χ0v) is 12.8. The second kappa shape index (κ2) is 5.20. The first kappa shape index (κ1) is 13.9. The van der Waals surface area contributed by atoms with E-state index in [9.17, 15) is 8.42 Å². The SMILES string of the molecule is O=S(=O)(Nc1ccccc1-c1n[nH]c(C2CC2)n1)c1cn[nH]c1. The molecule has 0 spiro atoms. The van der Waals surface area contributed by atoms with Crippen LogP contribution in [0.3, 0.4) is 0 Å². The standard InChI is InChI=1S/C14H14N6O2S/c21-23(22,10-7-15-16-8-10)20-12-4-2-1-3-11(12)14-17-13(18-19-14)9-5-6-9/h1-4,7-9,20H,5-6H2,(H,15,16)(H,17,18,19). The Morgan fingerprint density at radius 2 is 2.04 bits per heavy atom. The zero-order chi connectivity index (χ0) is 15.9. The van der Waals surface area contributed by atoms with Crippen molar-refractivity contribution < 1.29 is 8.42 Å². The Morgan fingerprint density at radius 1 is 1.22 bits per heavy atom. The Bertz CT molecular complexity index is 928. The van der Waals surface area contributed by atoms with Crippen molar-refractivity contribution in [2.45, 2.75) is 23.7 Å². The molecule has 2 heterocycles. The van der Waals surface area contributed by atoms with Gasteiger partial charge in [-0.15, -0.1) is 0 Å². The van der Waals surface area contributed by atoms with E-state index in [-0.39, 0.29) is 4.90 Å². The number of aromatic amines is 2. The highest BCUT2D eigenvalue weighted by Gasteiger charge is 2.27. The maximum atomic E-state index is 12.3. The number of rotatable bonds is 5. The van der Waals surface area contributed by atoms with Gasteiger partial charge in [0.2, 0.25) is 0 Å². The average molecular weight is 330 g/mol. The van der Waals surface area contributed by atoms with Crippen LogP contribution in [0.25, 0.3) is 11.4 Å². The molecule has 0 unspecified atom stereocenters. The summed E-state index contributed by atoms with van der Waals surface area (Å²) in [6.45, 7) is 0. The van der Waals surface area contributed by atoms with Gasteiger partial charge < -0.3 is 0 Å². The van der Waals surface area contributed by atoms with E-state index in [0.717, 1.165) is 18.7 Å². The minimum Gasteiger partial charge on any atom is -0.284 e. The molecule has 0 radical (unpaired) electrons. The molecule has 2 aromatic heterocycles.